The van der Waals surface area contributed by atoms with Gasteiger partial charge < -0.3 is 14.0 Å². The summed E-state index contributed by atoms with van der Waals surface area (Å²) in [6, 6.07) is 13.6. The first-order valence-corrected chi connectivity index (χ1v) is 9.04. The summed E-state index contributed by atoms with van der Waals surface area (Å²) >= 11 is 3.44. The second-order valence-corrected chi connectivity index (χ2v) is 6.82. The highest BCUT2D eigenvalue weighted by Gasteiger charge is 2.14. The fraction of sp³-hybridized carbons (Fsp3) is 0.150. The Balaban J connectivity index is 1.68. The Morgan fingerprint density at radius 2 is 1.70 bits per heavy atom. The van der Waals surface area contributed by atoms with Crippen LogP contribution in [0.4, 0.5) is 0 Å². The van der Waals surface area contributed by atoms with Gasteiger partial charge in [0.05, 0.1) is 31.9 Å². The highest BCUT2D eigenvalue weighted by atomic mass is 79.9. The number of benzene rings is 2. The van der Waals surface area contributed by atoms with Crippen molar-refractivity contribution in [3.63, 3.8) is 0 Å². The Kier molecular flexibility index (Phi) is 4.77. The summed E-state index contributed by atoms with van der Waals surface area (Å²) in [5.41, 5.74) is 3.40. The van der Waals surface area contributed by atoms with Crippen LogP contribution in [-0.4, -0.2) is 29.3 Å². The van der Waals surface area contributed by atoms with E-state index in [2.05, 4.69) is 31.1 Å². The molecule has 0 saturated heterocycles. The van der Waals surface area contributed by atoms with E-state index in [0.29, 0.717) is 17.9 Å². The molecule has 136 valence electrons. The first-order valence-electron chi connectivity index (χ1n) is 8.25. The van der Waals surface area contributed by atoms with E-state index in [-0.39, 0.29) is 0 Å². The molecule has 0 atom stereocenters. The summed E-state index contributed by atoms with van der Waals surface area (Å²) in [6.07, 6.45) is 2.04. The molecule has 0 saturated carbocycles. The highest BCUT2D eigenvalue weighted by molar-refractivity contribution is 9.10. The lowest BCUT2D eigenvalue weighted by molar-refractivity contribution is 0.355. The number of rotatable bonds is 5. The van der Waals surface area contributed by atoms with Gasteiger partial charge in [-0.1, -0.05) is 33.2 Å². The number of nitrogens with zero attached hydrogens (tertiary/aromatic N) is 3. The van der Waals surface area contributed by atoms with Gasteiger partial charge in [-0.05, 0) is 18.2 Å². The van der Waals surface area contributed by atoms with Crippen LogP contribution in [0.25, 0.3) is 22.2 Å². The van der Waals surface area contributed by atoms with E-state index in [1.165, 1.54) is 6.33 Å². The third-order valence-electron chi connectivity index (χ3n) is 4.26. The van der Waals surface area contributed by atoms with Gasteiger partial charge in [0.15, 0.2) is 11.5 Å². The Bertz CT molecular complexity index is 1090. The summed E-state index contributed by atoms with van der Waals surface area (Å²) in [5, 5.41) is 5.06. The molecule has 2 aromatic carbocycles. The molecule has 6 nitrogen and oxygen atoms in total. The van der Waals surface area contributed by atoms with E-state index in [4.69, 9.17) is 14.0 Å². The normalized spacial score (nSPS) is 10.9. The summed E-state index contributed by atoms with van der Waals surface area (Å²) in [6.45, 7) is 0. The van der Waals surface area contributed by atoms with Crippen LogP contribution in [0.15, 0.2) is 57.8 Å². The maximum atomic E-state index is 5.53. The van der Waals surface area contributed by atoms with E-state index in [1.807, 2.05) is 42.5 Å². The fourth-order valence-electron chi connectivity index (χ4n) is 2.90. The second-order valence-electron chi connectivity index (χ2n) is 5.91. The van der Waals surface area contributed by atoms with Crippen LogP contribution in [0.3, 0.4) is 0 Å². The number of methoxy groups -OCH3 is 2. The van der Waals surface area contributed by atoms with Crippen molar-refractivity contribution in [3.05, 3.63) is 64.7 Å². The second kappa shape index (κ2) is 7.36. The van der Waals surface area contributed by atoms with E-state index in [9.17, 15) is 0 Å². The van der Waals surface area contributed by atoms with Gasteiger partial charge in [-0.15, -0.1) is 0 Å². The minimum absolute atomic E-state index is 0.498. The summed E-state index contributed by atoms with van der Waals surface area (Å²) < 4.78 is 17.3. The third-order valence-corrected chi connectivity index (χ3v) is 4.79. The molecule has 0 radical (unpaired) electrons. The van der Waals surface area contributed by atoms with Gasteiger partial charge in [0, 0.05) is 27.6 Å². The summed E-state index contributed by atoms with van der Waals surface area (Å²) in [7, 11) is 3.21. The van der Waals surface area contributed by atoms with Crippen LogP contribution in [0.1, 0.15) is 11.5 Å². The molecule has 4 rings (SSSR count). The smallest absolute Gasteiger partial charge is 0.162 e. The van der Waals surface area contributed by atoms with E-state index >= 15 is 0 Å². The molecule has 0 spiro atoms. The number of halogens is 1. The molecule has 0 fully saturated rings. The van der Waals surface area contributed by atoms with Crippen molar-refractivity contribution in [3.8, 4) is 22.8 Å². The number of hydrogen-bond donors (Lipinski definition) is 0. The molecule has 0 unspecified atom stereocenters. The quantitative estimate of drug-likeness (QED) is 0.463. The van der Waals surface area contributed by atoms with Gasteiger partial charge in [0.25, 0.3) is 0 Å². The van der Waals surface area contributed by atoms with Crippen molar-refractivity contribution in [2.75, 3.05) is 14.2 Å². The van der Waals surface area contributed by atoms with Gasteiger partial charge in [0.2, 0.25) is 0 Å². The van der Waals surface area contributed by atoms with Crippen LogP contribution in [0.5, 0.6) is 11.5 Å². The highest BCUT2D eigenvalue weighted by Crippen LogP contribution is 2.33. The maximum Gasteiger partial charge on any atom is 0.162 e. The minimum Gasteiger partial charge on any atom is -0.493 e. The van der Waals surface area contributed by atoms with Gasteiger partial charge in [0.1, 0.15) is 17.8 Å². The zero-order chi connectivity index (χ0) is 18.8. The lowest BCUT2D eigenvalue weighted by Gasteiger charge is -2.10. The van der Waals surface area contributed by atoms with Crippen LogP contribution < -0.4 is 9.47 Å². The van der Waals surface area contributed by atoms with Crippen LogP contribution in [0.2, 0.25) is 0 Å². The van der Waals surface area contributed by atoms with Crippen LogP contribution >= 0.6 is 15.9 Å². The van der Waals surface area contributed by atoms with Crippen molar-refractivity contribution < 1.29 is 14.0 Å². The molecule has 27 heavy (non-hydrogen) atoms. The fourth-order valence-corrected chi connectivity index (χ4v) is 3.16. The molecule has 4 aromatic rings. The topological polar surface area (TPSA) is 70.3 Å². The van der Waals surface area contributed by atoms with Crippen LogP contribution in [0, 0.1) is 0 Å². The summed E-state index contributed by atoms with van der Waals surface area (Å²) in [5.74, 6) is 1.99. The van der Waals surface area contributed by atoms with Gasteiger partial charge in [-0.2, -0.15) is 0 Å². The van der Waals surface area contributed by atoms with Crippen molar-refractivity contribution in [2.45, 2.75) is 6.42 Å². The largest absolute Gasteiger partial charge is 0.493 e. The predicted molar refractivity (Wildman–Crippen MR) is 105 cm³/mol. The summed E-state index contributed by atoms with van der Waals surface area (Å²) in [4.78, 5) is 8.76. The molecular weight excluding hydrogens is 410 g/mol. The Hall–Kier alpha value is -2.93. The van der Waals surface area contributed by atoms with E-state index in [1.54, 1.807) is 14.2 Å². The van der Waals surface area contributed by atoms with E-state index in [0.717, 1.165) is 38.1 Å². The molecule has 0 amide bonds. The standard InChI is InChI=1S/C20H16BrN3O3/c1-25-19-9-15-17(22-11-23-18(15)10-20(19)26-2)8-14-7-16(24-27-14)12-3-5-13(21)6-4-12/h3-7,9-11H,8H2,1-2H3. The third kappa shape index (κ3) is 3.50. The molecule has 0 aliphatic carbocycles. The van der Waals surface area contributed by atoms with Gasteiger partial charge in [-0.25, -0.2) is 9.97 Å². The number of ether oxygens (including phenoxy) is 2. The van der Waals surface area contributed by atoms with Crippen molar-refractivity contribution in [2.24, 2.45) is 0 Å². The van der Waals surface area contributed by atoms with E-state index < -0.39 is 0 Å². The Labute approximate surface area is 164 Å². The van der Waals surface area contributed by atoms with Crippen molar-refractivity contribution in [1.82, 2.24) is 15.1 Å². The molecule has 0 N–H and O–H groups in total. The Morgan fingerprint density at radius 3 is 2.44 bits per heavy atom. The molecule has 0 aliphatic rings. The zero-order valence-corrected chi connectivity index (χ0v) is 16.4. The first kappa shape index (κ1) is 17.5. The zero-order valence-electron chi connectivity index (χ0n) is 14.8. The average molecular weight is 426 g/mol. The molecule has 7 heteroatoms. The molecule has 2 aromatic heterocycles. The molecule has 0 bridgehead atoms. The van der Waals surface area contributed by atoms with Crippen molar-refractivity contribution in [1.29, 1.82) is 0 Å². The minimum atomic E-state index is 0.498. The average Bonchev–Trinajstić information content (AvgIpc) is 3.16. The van der Waals surface area contributed by atoms with Gasteiger partial charge in [-0.3, -0.25) is 0 Å². The van der Waals surface area contributed by atoms with Gasteiger partial charge >= 0.3 is 0 Å². The molecular formula is C20H16BrN3O3. The SMILES string of the molecule is COc1cc2ncnc(Cc3cc(-c4ccc(Br)cc4)no3)c2cc1OC. The number of fused-ring (bicyclic) bond motifs is 1. The molecule has 0 aliphatic heterocycles. The van der Waals surface area contributed by atoms with Crippen molar-refractivity contribution >= 4 is 26.8 Å². The Morgan fingerprint density at radius 1 is 0.963 bits per heavy atom. The predicted octanol–water partition coefficient (Wildman–Crippen LogP) is 4.66. The lowest BCUT2D eigenvalue weighted by Crippen LogP contribution is -1.97. The maximum absolute atomic E-state index is 5.53. The molecule has 2 heterocycles. The number of hydrogen-bond acceptors (Lipinski definition) is 6. The number of aromatic nitrogens is 3. The monoisotopic (exact) mass is 425 g/mol. The first-order chi connectivity index (χ1) is 13.2. The lowest BCUT2D eigenvalue weighted by atomic mass is 10.1. The van der Waals surface area contributed by atoms with Crippen LogP contribution in [-0.2, 0) is 6.42 Å².